The molecule has 17 atom stereocenters. The number of nitrogens with zero attached hydrogens (tertiary/aromatic N) is 3. The highest BCUT2D eigenvalue weighted by molar-refractivity contribution is 5.99. The summed E-state index contributed by atoms with van der Waals surface area (Å²) in [6, 6.07) is -16.3. The number of amides is 10. The molecule has 0 aliphatic carbocycles. The van der Waals surface area contributed by atoms with Gasteiger partial charge in [-0.15, -0.1) is 0 Å². The highest BCUT2D eigenvalue weighted by atomic mass is 16.6. The van der Waals surface area contributed by atoms with Gasteiger partial charge in [-0.1, -0.05) is 0 Å². The van der Waals surface area contributed by atoms with Crippen molar-refractivity contribution in [2.75, 3.05) is 52.6 Å². The van der Waals surface area contributed by atoms with Crippen molar-refractivity contribution in [2.24, 2.45) is 22.2 Å². The standard InChI is InChI=1S/C49H82N14O23/c1-20(39(74)54-15-32(69)56-26(16-64)41(76)61-36(23(4)68)48(83)84)55-42(77)28-9-6-12-62(28)46(81)24(8-5-11-53-49(51)52)57-45(80)35(22(3)67)60-40(75)25(14-33(70)71)58-43(78)29-10-7-13-63(29)47(82)27(59-44(79)34(50)21(2)66)18-85-31-19-86-30(17-65)37(72)38(31)73/h20-31,34-38,64-68,72-73H,5-19,50H2,1-4H3,(H,54,74)(H,55,77)(H,56,69)(H,57,80)(H,58,78)(H,59,79)(H,60,75)(H,61,76)(H,70,71)(H,83,84)(H4,51,52,53)/t20-,21+,22+,23+,24-,25-,26-,27-,28-,29-,30+,31-,34-,35-,36-,37-,38+/m0/s1. The van der Waals surface area contributed by atoms with Crippen LogP contribution in [0, 0.1) is 0 Å². The minimum absolute atomic E-state index is 0.0156. The van der Waals surface area contributed by atoms with Gasteiger partial charge in [0.25, 0.3) is 0 Å². The van der Waals surface area contributed by atoms with E-state index in [1.807, 2.05) is 5.32 Å². The normalized spacial score (nSPS) is 23.1. The Labute approximate surface area is 491 Å². The maximum absolute atomic E-state index is 14.3. The van der Waals surface area contributed by atoms with Crippen LogP contribution in [0.3, 0.4) is 0 Å². The van der Waals surface area contributed by atoms with E-state index in [-0.39, 0.29) is 70.7 Å². The molecule has 10 amide bonds. The molecule has 0 aromatic carbocycles. The number of carbonyl (C=O) groups is 12. The van der Waals surface area contributed by atoms with Crippen molar-refractivity contribution in [3.63, 3.8) is 0 Å². The summed E-state index contributed by atoms with van der Waals surface area (Å²) in [6.07, 6.45) is -11.4. The van der Waals surface area contributed by atoms with Crippen LogP contribution >= 0.6 is 0 Å². The summed E-state index contributed by atoms with van der Waals surface area (Å²) in [6.45, 7) is 0.730. The van der Waals surface area contributed by atoms with Gasteiger partial charge in [-0.05, 0) is 66.2 Å². The predicted octanol–water partition coefficient (Wildman–Crippen LogP) is -11.9. The lowest BCUT2D eigenvalue weighted by Crippen LogP contribution is -2.62. The third-order valence-corrected chi connectivity index (χ3v) is 14.0. The van der Waals surface area contributed by atoms with Gasteiger partial charge < -0.3 is 125 Å². The van der Waals surface area contributed by atoms with E-state index in [9.17, 15) is 103 Å². The molecule has 3 heterocycles. The number of carboxylic acid groups (broad SMARTS) is 2. The molecule has 0 saturated carbocycles. The molecule has 0 radical (unpaired) electrons. The van der Waals surface area contributed by atoms with E-state index in [2.05, 4.69) is 42.2 Å². The summed E-state index contributed by atoms with van der Waals surface area (Å²) >= 11 is 0. The molecule has 0 aromatic heterocycles. The number of guanidine groups is 1. The summed E-state index contributed by atoms with van der Waals surface area (Å²) in [7, 11) is 0. The number of hydrogen-bond acceptors (Lipinski definition) is 23. The van der Waals surface area contributed by atoms with Gasteiger partial charge in [0.05, 0.1) is 57.7 Å². The van der Waals surface area contributed by atoms with Crippen LogP contribution < -0.4 is 59.7 Å². The van der Waals surface area contributed by atoms with Crippen LogP contribution in [0.1, 0.15) is 72.6 Å². The Morgan fingerprint density at radius 2 is 1.20 bits per heavy atom. The van der Waals surface area contributed by atoms with Crippen molar-refractivity contribution in [2.45, 2.75) is 176 Å². The van der Waals surface area contributed by atoms with Crippen LogP contribution in [0.25, 0.3) is 0 Å². The molecule has 3 aliphatic rings. The van der Waals surface area contributed by atoms with E-state index >= 15 is 0 Å². The average molecular weight is 1240 g/mol. The molecule has 0 spiro atoms. The molecule has 37 nitrogen and oxygen atoms in total. The Hall–Kier alpha value is -7.49. The second-order valence-electron chi connectivity index (χ2n) is 20.8. The van der Waals surface area contributed by atoms with Gasteiger partial charge in [0.1, 0.15) is 78.8 Å². The fourth-order valence-electron chi connectivity index (χ4n) is 9.16. The molecule has 3 fully saturated rings. The third-order valence-electron chi connectivity index (χ3n) is 14.0. The molecular formula is C49H82N14O23. The van der Waals surface area contributed by atoms with Gasteiger partial charge in [-0.3, -0.25) is 57.7 Å². The van der Waals surface area contributed by atoms with E-state index in [0.717, 1.165) is 23.6 Å². The number of nitrogens with two attached hydrogens (primary N) is 3. The second-order valence-corrected chi connectivity index (χ2v) is 20.8. The van der Waals surface area contributed by atoms with Crippen molar-refractivity contribution < 1.29 is 113 Å². The Bertz CT molecular complexity index is 2430. The van der Waals surface area contributed by atoms with Gasteiger partial charge in [0.2, 0.25) is 59.1 Å². The van der Waals surface area contributed by atoms with Gasteiger partial charge in [-0.2, -0.15) is 0 Å². The van der Waals surface area contributed by atoms with Crippen molar-refractivity contribution in [1.29, 1.82) is 0 Å². The fraction of sp³-hybridized carbons (Fsp3) is 0.735. The lowest BCUT2D eigenvalue weighted by Gasteiger charge is -2.37. The zero-order valence-corrected chi connectivity index (χ0v) is 47.7. The van der Waals surface area contributed by atoms with Crippen LogP contribution in [0.5, 0.6) is 0 Å². The number of carboxylic acids is 2. The Morgan fingerprint density at radius 1 is 0.651 bits per heavy atom. The summed E-state index contributed by atoms with van der Waals surface area (Å²) in [5.74, 6) is -14.1. The smallest absolute Gasteiger partial charge is 0.328 e. The quantitative estimate of drug-likeness (QED) is 0.0165. The number of aliphatic hydroxyl groups excluding tert-OH is 7. The van der Waals surface area contributed by atoms with Crippen LogP contribution in [0.4, 0.5) is 0 Å². The molecular weight excluding hydrogens is 1150 g/mol. The second kappa shape index (κ2) is 34.6. The molecule has 3 aliphatic heterocycles. The zero-order chi connectivity index (χ0) is 64.9. The molecule has 486 valence electrons. The Balaban J connectivity index is 1.77. The maximum atomic E-state index is 14.3. The summed E-state index contributed by atoms with van der Waals surface area (Å²) in [4.78, 5) is 165. The molecule has 86 heavy (non-hydrogen) atoms. The van der Waals surface area contributed by atoms with E-state index in [0.29, 0.717) is 0 Å². The van der Waals surface area contributed by atoms with Crippen LogP contribution in [0.15, 0.2) is 4.99 Å². The summed E-state index contributed by atoms with van der Waals surface area (Å²) in [5.41, 5.74) is 16.7. The molecule has 3 saturated heterocycles. The number of likely N-dealkylation sites (tertiary alicyclic amines) is 2. The molecule has 0 aromatic rings. The van der Waals surface area contributed by atoms with Crippen LogP contribution in [-0.2, 0) is 67.0 Å². The van der Waals surface area contributed by atoms with Crippen LogP contribution in [-0.4, -0.2) is 288 Å². The maximum Gasteiger partial charge on any atom is 0.328 e. The van der Waals surface area contributed by atoms with E-state index < -0.39 is 207 Å². The Kier molecular flexibility index (Phi) is 29.3. The average Bonchev–Trinajstić information content (AvgIpc) is 2.96. The number of nitrogens with one attached hydrogen (secondary N) is 8. The highest BCUT2D eigenvalue weighted by Crippen LogP contribution is 2.23. The van der Waals surface area contributed by atoms with Crippen molar-refractivity contribution in [3.8, 4) is 0 Å². The Morgan fingerprint density at radius 3 is 1.72 bits per heavy atom. The number of carbonyl (C=O) groups excluding carboxylic acids is 10. The lowest BCUT2D eigenvalue weighted by molar-refractivity contribution is -0.210. The number of ether oxygens (including phenoxy) is 2. The van der Waals surface area contributed by atoms with E-state index in [1.165, 1.54) is 13.8 Å². The SMILES string of the molecule is C[C@H](NC(=O)[C@@H]1CCCN1C(=O)[C@H](CCCN=C(N)N)NC(=O)[C@@H](NC(=O)[C@H](CC(=O)O)NC(=O)[C@@H]1CCCN1C(=O)[C@H](CO[C@H]1CO[C@H](CO)[C@H](O)[C@@H]1O)NC(=O)[C@@H](N)[C@@H](C)O)[C@@H](C)O)C(=O)NCC(=O)N[C@@H](CO)C(=O)N[C@H](C(=O)O)[C@@H](C)O. The predicted molar refractivity (Wildman–Crippen MR) is 290 cm³/mol. The van der Waals surface area contributed by atoms with E-state index in [4.69, 9.17) is 26.7 Å². The molecule has 0 bridgehead atoms. The fourth-order valence-corrected chi connectivity index (χ4v) is 9.16. The van der Waals surface area contributed by atoms with Gasteiger partial charge in [0.15, 0.2) is 12.0 Å². The van der Waals surface area contributed by atoms with Crippen molar-refractivity contribution >= 4 is 77.0 Å². The number of rotatable bonds is 33. The minimum atomic E-state index is -2.01. The summed E-state index contributed by atoms with van der Waals surface area (Å²) in [5, 5.41) is 107. The van der Waals surface area contributed by atoms with Gasteiger partial charge >= 0.3 is 11.9 Å². The zero-order valence-electron chi connectivity index (χ0n) is 47.7. The number of hydrogen-bond donors (Lipinski definition) is 20. The van der Waals surface area contributed by atoms with Gasteiger partial charge in [-0.25, -0.2) is 4.79 Å². The van der Waals surface area contributed by atoms with Gasteiger partial charge in [0, 0.05) is 19.6 Å². The summed E-state index contributed by atoms with van der Waals surface area (Å²) < 4.78 is 11.0. The topological polar surface area (TPSA) is 599 Å². The van der Waals surface area contributed by atoms with Crippen molar-refractivity contribution in [1.82, 2.24) is 52.3 Å². The first-order chi connectivity index (χ1) is 40.3. The number of aliphatic imine (C=N–C) groups is 1. The highest BCUT2D eigenvalue weighted by Gasteiger charge is 2.44. The minimum Gasteiger partial charge on any atom is -0.481 e. The van der Waals surface area contributed by atoms with Crippen LogP contribution in [0.2, 0.25) is 0 Å². The first-order valence-corrected chi connectivity index (χ1v) is 27.5. The molecule has 0 unspecified atom stereocenters. The van der Waals surface area contributed by atoms with E-state index in [1.54, 1.807) is 0 Å². The first-order valence-electron chi connectivity index (χ1n) is 27.5. The number of aliphatic hydroxyl groups is 7. The number of aliphatic carboxylic acids is 2. The molecule has 37 heteroatoms. The largest absolute Gasteiger partial charge is 0.481 e. The molecule has 3 rings (SSSR count). The molecule has 23 N–H and O–H groups in total. The third kappa shape index (κ3) is 21.5. The van der Waals surface area contributed by atoms with Crippen molar-refractivity contribution in [3.05, 3.63) is 0 Å². The lowest BCUT2D eigenvalue weighted by atomic mass is 10.0. The first kappa shape index (κ1) is 72.8. The monoisotopic (exact) mass is 1230 g/mol.